The zero-order valence-corrected chi connectivity index (χ0v) is 21.9. The molecule has 0 radical (unpaired) electrons. The molecule has 0 fully saturated rings. The summed E-state index contributed by atoms with van der Waals surface area (Å²) in [5.74, 6) is -0.370. The number of nitrogens with one attached hydrogen (secondary N) is 2. The van der Waals surface area contributed by atoms with E-state index in [1.807, 2.05) is 69.6 Å². The van der Waals surface area contributed by atoms with Crippen molar-refractivity contribution in [2.24, 2.45) is 5.41 Å². The Kier molecular flexibility index (Phi) is 7.13. The van der Waals surface area contributed by atoms with Crippen LogP contribution < -0.4 is 10.6 Å². The molecule has 0 saturated heterocycles. The maximum Gasteiger partial charge on any atom is 0.257 e. The van der Waals surface area contributed by atoms with Gasteiger partial charge in [-0.2, -0.15) is 5.10 Å². The first-order valence-electron chi connectivity index (χ1n) is 11.8. The molecule has 2 heterocycles. The Balaban J connectivity index is 1.56. The van der Waals surface area contributed by atoms with Crippen LogP contribution in [0.1, 0.15) is 54.5 Å². The molecule has 0 spiro atoms. The lowest BCUT2D eigenvalue weighted by atomic mass is 9.92. The van der Waals surface area contributed by atoms with E-state index in [0.717, 1.165) is 33.5 Å². The van der Waals surface area contributed by atoms with Crippen LogP contribution in [0, 0.1) is 19.3 Å². The van der Waals surface area contributed by atoms with E-state index in [9.17, 15) is 9.59 Å². The fraction of sp³-hybridized carbons (Fsp3) is 0.286. The molecule has 0 unspecified atom stereocenters. The Morgan fingerprint density at radius 3 is 2.44 bits per heavy atom. The second-order valence-corrected chi connectivity index (χ2v) is 10.6. The third-order valence-corrected chi connectivity index (χ3v) is 5.96. The molecule has 0 aliphatic rings. The largest absolute Gasteiger partial charge is 0.352 e. The highest BCUT2D eigenvalue weighted by molar-refractivity contribution is 6.34. The SMILES string of the molecule is Cc1cc(-n2ncc3c(NC(=O)c4cc(CNC(=O)CC(C)(C)C)ccc4Cl)cccc32)cc(C)n1. The summed E-state index contributed by atoms with van der Waals surface area (Å²) in [6.45, 7) is 10.3. The van der Waals surface area contributed by atoms with Crippen molar-refractivity contribution in [3.05, 3.63) is 82.3 Å². The Morgan fingerprint density at radius 2 is 1.75 bits per heavy atom. The average Bonchev–Trinajstić information content (AvgIpc) is 3.22. The molecule has 2 aromatic carbocycles. The van der Waals surface area contributed by atoms with Gasteiger partial charge in [-0.3, -0.25) is 14.6 Å². The Morgan fingerprint density at radius 1 is 1.03 bits per heavy atom. The van der Waals surface area contributed by atoms with Gasteiger partial charge in [0.15, 0.2) is 0 Å². The maximum absolute atomic E-state index is 13.2. The fourth-order valence-electron chi connectivity index (χ4n) is 4.09. The number of rotatable bonds is 6. The topological polar surface area (TPSA) is 88.9 Å². The van der Waals surface area contributed by atoms with Crippen LogP contribution in [0.25, 0.3) is 16.6 Å². The van der Waals surface area contributed by atoms with E-state index >= 15 is 0 Å². The van der Waals surface area contributed by atoms with Gasteiger partial charge < -0.3 is 10.6 Å². The number of pyridine rings is 1. The van der Waals surface area contributed by atoms with Crippen LogP contribution in [0.15, 0.2) is 54.7 Å². The normalized spacial score (nSPS) is 11.5. The van der Waals surface area contributed by atoms with Gasteiger partial charge in [0, 0.05) is 29.7 Å². The van der Waals surface area contributed by atoms with Crippen LogP contribution in [-0.4, -0.2) is 26.6 Å². The number of hydrogen-bond acceptors (Lipinski definition) is 4. The lowest BCUT2D eigenvalue weighted by molar-refractivity contribution is -0.122. The molecule has 186 valence electrons. The number of aryl methyl sites for hydroxylation is 2. The third-order valence-electron chi connectivity index (χ3n) is 5.63. The van der Waals surface area contributed by atoms with Crippen molar-refractivity contribution in [3.8, 4) is 5.69 Å². The van der Waals surface area contributed by atoms with Crippen LogP contribution in [0.4, 0.5) is 5.69 Å². The van der Waals surface area contributed by atoms with Gasteiger partial charge in [0.1, 0.15) is 0 Å². The van der Waals surface area contributed by atoms with Gasteiger partial charge in [-0.05, 0) is 61.2 Å². The molecule has 4 aromatic rings. The van der Waals surface area contributed by atoms with Crippen LogP contribution in [0.2, 0.25) is 5.02 Å². The van der Waals surface area contributed by atoms with Crippen molar-refractivity contribution >= 4 is 40.0 Å². The minimum atomic E-state index is -0.335. The summed E-state index contributed by atoms with van der Waals surface area (Å²) in [6, 6.07) is 14.8. The van der Waals surface area contributed by atoms with Crippen molar-refractivity contribution in [2.45, 2.75) is 47.6 Å². The van der Waals surface area contributed by atoms with Crippen LogP contribution in [0.3, 0.4) is 0 Å². The van der Waals surface area contributed by atoms with Gasteiger partial charge in [0.2, 0.25) is 5.91 Å². The van der Waals surface area contributed by atoms with E-state index in [1.54, 1.807) is 24.4 Å². The first-order valence-corrected chi connectivity index (χ1v) is 12.2. The van der Waals surface area contributed by atoms with Gasteiger partial charge in [0.25, 0.3) is 5.91 Å². The van der Waals surface area contributed by atoms with Crippen molar-refractivity contribution in [1.82, 2.24) is 20.1 Å². The number of carbonyl (C=O) groups is 2. The molecule has 2 N–H and O–H groups in total. The molecule has 7 nitrogen and oxygen atoms in total. The van der Waals surface area contributed by atoms with E-state index in [2.05, 4.69) is 20.7 Å². The minimum Gasteiger partial charge on any atom is -0.352 e. The Bertz CT molecular complexity index is 1430. The molecule has 2 aromatic heterocycles. The highest BCUT2D eigenvalue weighted by Crippen LogP contribution is 2.27. The van der Waals surface area contributed by atoms with E-state index in [4.69, 9.17) is 11.6 Å². The number of benzene rings is 2. The van der Waals surface area contributed by atoms with Crippen LogP contribution in [-0.2, 0) is 11.3 Å². The van der Waals surface area contributed by atoms with Crippen molar-refractivity contribution in [2.75, 3.05) is 5.32 Å². The Hall–Kier alpha value is -3.71. The highest BCUT2D eigenvalue weighted by atomic mass is 35.5. The standard InChI is InChI=1S/C28H30ClN5O2/c1-17-11-20(12-18(2)32-17)34-25-8-6-7-24(22(25)16-31-34)33-27(36)21-13-19(9-10-23(21)29)15-30-26(35)14-28(3,4)5/h6-13,16H,14-15H2,1-5H3,(H,30,35)(H,33,36). The number of nitrogens with zero attached hydrogens (tertiary/aromatic N) is 3. The molecule has 0 aliphatic heterocycles. The van der Waals surface area contributed by atoms with Crippen LogP contribution >= 0.6 is 11.6 Å². The maximum atomic E-state index is 13.2. The van der Waals surface area contributed by atoms with E-state index in [0.29, 0.717) is 29.2 Å². The summed E-state index contributed by atoms with van der Waals surface area (Å²) < 4.78 is 1.83. The molecular formula is C28H30ClN5O2. The van der Waals surface area contributed by atoms with Gasteiger partial charge in [-0.1, -0.05) is 44.5 Å². The van der Waals surface area contributed by atoms with Crippen molar-refractivity contribution < 1.29 is 9.59 Å². The number of hydrogen-bond donors (Lipinski definition) is 2. The second kappa shape index (κ2) is 10.1. The van der Waals surface area contributed by atoms with Crippen LogP contribution in [0.5, 0.6) is 0 Å². The number of anilines is 1. The Labute approximate surface area is 215 Å². The van der Waals surface area contributed by atoms with Gasteiger partial charge in [0.05, 0.1) is 33.7 Å². The molecule has 0 atom stereocenters. The lowest BCUT2D eigenvalue weighted by Crippen LogP contribution is -2.27. The number of aromatic nitrogens is 3. The zero-order valence-electron chi connectivity index (χ0n) is 21.1. The smallest absolute Gasteiger partial charge is 0.257 e. The summed E-state index contributed by atoms with van der Waals surface area (Å²) in [7, 11) is 0. The van der Waals surface area contributed by atoms with Crippen molar-refractivity contribution in [1.29, 1.82) is 0 Å². The first kappa shape index (κ1) is 25.4. The predicted molar refractivity (Wildman–Crippen MR) is 144 cm³/mol. The van der Waals surface area contributed by atoms with Gasteiger partial charge in [-0.25, -0.2) is 4.68 Å². The van der Waals surface area contributed by atoms with E-state index in [-0.39, 0.29) is 17.2 Å². The summed E-state index contributed by atoms with van der Waals surface area (Å²) >= 11 is 6.37. The highest BCUT2D eigenvalue weighted by Gasteiger charge is 2.17. The minimum absolute atomic E-state index is 0.0354. The van der Waals surface area contributed by atoms with Gasteiger partial charge >= 0.3 is 0 Å². The number of halogens is 1. The predicted octanol–water partition coefficient (Wildman–Crippen LogP) is 6.00. The van der Waals surface area contributed by atoms with Gasteiger partial charge in [-0.15, -0.1) is 0 Å². The molecule has 36 heavy (non-hydrogen) atoms. The quantitative estimate of drug-likeness (QED) is 0.338. The molecule has 0 saturated carbocycles. The fourth-order valence-corrected chi connectivity index (χ4v) is 4.29. The molecule has 0 aliphatic carbocycles. The molecule has 4 rings (SSSR count). The number of carbonyl (C=O) groups excluding carboxylic acids is 2. The molecule has 8 heteroatoms. The number of fused-ring (bicyclic) bond motifs is 1. The zero-order chi connectivity index (χ0) is 26.0. The van der Waals surface area contributed by atoms with E-state index < -0.39 is 0 Å². The van der Waals surface area contributed by atoms with E-state index in [1.165, 1.54) is 0 Å². The molecule has 2 amide bonds. The third kappa shape index (κ3) is 5.91. The first-order chi connectivity index (χ1) is 17.0. The number of amides is 2. The molecular weight excluding hydrogens is 474 g/mol. The summed E-state index contributed by atoms with van der Waals surface area (Å²) in [5.41, 5.74) is 5.24. The van der Waals surface area contributed by atoms with Crippen molar-refractivity contribution in [3.63, 3.8) is 0 Å². The molecule has 0 bridgehead atoms. The average molecular weight is 504 g/mol. The summed E-state index contributed by atoms with van der Waals surface area (Å²) in [5, 5.41) is 11.6. The summed E-state index contributed by atoms with van der Waals surface area (Å²) in [6.07, 6.45) is 2.16. The summed E-state index contributed by atoms with van der Waals surface area (Å²) in [4.78, 5) is 29.8. The monoisotopic (exact) mass is 503 g/mol. The lowest BCUT2D eigenvalue weighted by Gasteiger charge is -2.17. The second-order valence-electron chi connectivity index (χ2n) is 10.2.